The quantitative estimate of drug-likeness (QED) is 0.514. The predicted octanol–water partition coefficient (Wildman–Crippen LogP) is 2.00. The first-order valence-corrected chi connectivity index (χ1v) is 7.10. The Hall–Kier alpha value is -2.04. The number of carbonyl (C=O) groups excluding carboxylic acids is 2. The Morgan fingerprint density at radius 1 is 1.24 bits per heavy atom. The lowest BCUT2D eigenvalue weighted by atomic mass is 10.1. The first-order chi connectivity index (χ1) is 10.1. The lowest BCUT2D eigenvalue weighted by Crippen LogP contribution is -2.26. The number of methoxy groups -OCH3 is 1. The molecular formula is C16H21O5-. The van der Waals surface area contributed by atoms with Crippen LogP contribution in [0.3, 0.4) is 0 Å². The number of hydrogen-bond acceptors (Lipinski definition) is 5. The van der Waals surface area contributed by atoms with Gasteiger partial charge in [0.15, 0.2) is 0 Å². The lowest BCUT2D eigenvalue weighted by Gasteiger charge is -2.21. The molecule has 5 nitrogen and oxygen atoms in total. The molecule has 0 amide bonds. The van der Waals surface area contributed by atoms with Gasteiger partial charge in [-0.05, 0) is 12.5 Å². The van der Waals surface area contributed by atoms with Crippen LogP contribution in [-0.4, -0.2) is 19.0 Å². The minimum absolute atomic E-state index is 0.284. The maximum absolute atomic E-state index is 11.8. The third-order valence-electron chi connectivity index (χ3n) is 3.10. The minimum Gasteiger partial charge on any atom is -0.550 e. The first kappa shape index (κ1) is 17.0. The molecular weight excluding hydrogens is 272 g/mol. The van der Waals surface area contributed by atoms with E-state index in [-0.39, 0.29) is 12.8 Å². The van der Waals surface area contributed by atoms with E-state index in [0.717, 1.165) is 19.3 Å². The van der Waals surface area contributed by atoms with Crippen molar-refractivity contribution in [2.45, 2.75) is 45.1 Å². The van der Waals surface area contributed by atoms with Crippen molar-refractivity contribution in [3.8, 4) is 5.75 Å². The molecule has 0 bridgehead atoms. The highest BCUT2D eigenvalue weighted by Gasteiger charge is 2.20. The number of aliphatic carboxylic acids is 1. The van der Waals surface area contributed by atoms with E-state index in [4.69, 9.17) is 9.47 Å². The zero-order chi connectivity index (χ0) is 15.7. The molecule has 0 aliphatic heterocycles. The van der Waals surface area contributed by atoms with Crippen LogP contribution in [0.15, 0.2) is 24.3 Å². The Morgan fingerprint density at radius 2 is 1.95 bits per heavy atom. The van der Waals surface area contributed by atoms with E-state index in [9.17, 15) is 14.7 Å². The minimum atomic E-state index is -1.27. The Kier molecular flexibility index (Phi) is 7.29. The number of para-hydroxylation sites is 1. The third-order valence-corrected chi connectivity index (χ3v) is 3.10. The number of esters is 1. The van der Waals surface area contributed by atoms with Crippen LogP contribution in [0, 0.1) is 0 Å². The van der Waals surface area contributed by atoms with E-state index in [1.54, 1.807) is 24.3 Å². The summed E-state index contributed by atoms with van der Waals surface area (Å²) in [5.74, 6) is -1.18. The van der Waals surface area contributed by atoms with E-state index in [0.29, 0.717) is 11.3 Å². The zero-order valence-corrected chi connectivity index (χ0v) is 12.5. The highest BCUT2D eigenvalue weighted by molar-refractivity contribution is 5.71. The van der Waals surface area contributed by atoms with Gasteiger partial charge in [-0.3, -0.25) is 4.79 Å². The Labute approximate surface area is 124 Å². The van der Waals surface area contributed by atoms with Gasteiger partial charge in [-0.25, -0.2) is 0 Å². The van der Waals surface area contributed by atoms with Crippen molar-refractivity contribution in [1.82, 2.24) is 0 Å². The van der Waals surface area contributed by atoms with E-state index in [1.165, 1.54) is 7.11 Å². The average molecular weight is 293 g/mol. The maximum atomic E-state index is 11.8. The molecule has 1 atom stereocenters. The molecule has 0 heterocycles. The summed E-state index contributed by atoms with van der Waals surface area (Å²) in [7, 11) is 1.48. The molecule has 21 heavy (non-hydrogen) atoms. The molecule has 0 fully saturated rings. The summed E-state index contributed by atoms with van der Waals surface area (Å²) in [5, 5.41) is 10.9. The van der Waals surface area contributed by atoms with Gasteiger partial charge >= 0.3 is 5.97 Å². The molecule has 5 heteroatoms. The van der Waals surface area contributed by atoms with E-state index >= 15 is 0 Å². The van der Waals surface area contributed by atoms with Crippen molar-refractivity contribution >= 4 is 11.9 Å². The van der Waals surface area contributed by atoms with Crippen molar-refractivity contribution in [1.29, 1.82) is 0 Å². The number of hydrogen-bond donors (Lipinski definition) is 0. The summed E-state index contributed by atoms with van der Waals surface area (Å²) in [6.07, 6.45) is 1.68. The summed E-state index contributed by atoms with van der Waals surface area (Å²) in [5.41, 5.74) is 0.535. The molecule has 0 saturated carbocycles. The van der Waals surface area contributed by atoms with Crippen LogP contribution in [0.25, 0.3) is 0 Å². The lowest BCUT2D eigenvalue weighted by molar-refractivity contribution is -0.307. The van der Waals surface area contributed by atoms with Gasteiger partial charge in [-0.1, -0.05) is 38.0 Å². The van der Waals surface area contributed by atoms with Crippen LogP contribution in [0.5, 0.6) is 5.75 Å². The van der Waals surface area contributed by atoms with Crippen LogP contribution < -0.4 is 9.84 Å². The number of benzene rings is 1. The summed E-state index contributed by atoms with van der Waals surface area (Å²) in [6.45, 7) is 2.04. The van der Waals surface area contributed by atoms with Crippen molar-refractivity contribution < 1.29 is 24.2 Å². The fraction of sp³-hybridized carbons (Fsp3) is 0.500. The van der Waals surface area contributed by atoms with Gasteiger partial charge in [0.1, 0.15) is 11.9 Å². The number of carbonyl (C=O) groups is 2. The molecule has 1 rings (SSSR count). The summed E-state index contributed by atoms with van der Waals surface area (Å²) < 4.78 is 10.5. The topological polar surface area (TPSA) is 75.7 Å². The van der Waals surface area contributed by atoms with Gasteiger partial charge in [-0.15, -0.1) is 0 Å². The van der Waals surface area contributed by atoms with Crippen molar-refractivity contribution in [2.24, 2.45) is 0 Å². The van der Waals surface area contributed by atoms with Crippen LogP contribution in [-0.2, 0) is 14.3 Å². The number of unbranched alkanes of at least 4 members (excludes halogenated alkanes) is 2. The van der Waals surface area contributed by atoms with Gasteiger partial charge in [-0.2, -0.15) is 0 Å². The monoisotopic (exact) mass is 293 g/mol. The molecule has 1 aromatic rings. The highest BCUT2D eigenvalue weighted by Crippen LogP contribution is 2.30. The Morgan fingerprint density at radius 3 is 2.57 bits per heavy atom. The molecule has 0 radical (unpaired) electrons. The number of ether oxygens (including phenoxy) is 2. The predicted molar refractivity (Wildman–Crippen MR) is 75.6 cm³/mol. The molecule has 0 aliphatic rings. The molecule has 0 N–H and O–H groups in total. The van der Waals surface area contributed by atoms with Crippen LogP contribution in [0.4, 0.5) is 0 Å². The van der Waals surface area contributed by atoms with Crippen LogP contribution in [0.1, 0.15) is 50.7 Å². The number of rotatable bonds is 9. The summed E-state index contributed by atoms with van der Waals surface area (Å²) in [4.78, 5) is 22.7. The molecule has 1 aromatic carbocycles. The fourth-order valence-electron chi connectivity index (χ4n) is 2.04. The van der Waals surface area contributed by atoms with Crippen LogP contribution >= 0.6 is 0 Å². The number of carboxylic acids is 1. The van der Waals surface area contributed by atoms with Crippen molar-refractivity contribution in [3.05, 3.63) is 29.8 Å². The number of carboxylic acid groups (broad SMARTS) is 1. The highest BCUT2D eigenvalue weighted by atomic mass is 16.5. The SMILES string of the molecule is CCCCCC(=O)OC(CC(=O)[O-])c1ccccc1OC. The second-order valence-corrected chi connectivity index (χ2v) is 4.75. The smallest absolute Gasteiger partial charge is 0.306 e. The average Bonchev–Trinajstić information content (AvgIpc) is 2.46. The second kappa shape index (κ2) is 9.00. The largest absolute Gasteiger partial charge is 0.550 e. The van der Waals surface area contributed by atoms with Gasteiger partial charge in [0.25, 0.3) is 0 Å². The summed E-state index contributed by atoms with van der Waals surface area (Å²) >= 11 is 0. The van der Waals surface area contributed by atoms with Gasteiger partial charge in [0, 0.05) is 24.4 Å². The molecule has 0 saturated heterocycles. The second-order valence-electron chi connectivity index (χ2n) is 4.75. The van der Waals surface area contributed by atoms with Gasteiger partial charge in [0.2, 0.25) is 0 Å². The van der Waals surface area contributed by atoms with E-state index in [2.05, 4.69) is 0 Å². The molecule has 0 spiro atoms. The first-order valence-electron chi connectivity index (χ1n) is 7.10. The molecule has 0 aliphatic carbocycles. The standard InChI is InChI=1S/C16H22O5/c1-3-4-5-10-16(19)21-14(11-15(17)18)12-8-6-7-9-13(12)20-2/h6-9,14H,3-5,10-11H2,1-2H3,(H,17,18)/p-1. The van der Waals surface area contributed by atoms with Crippen molar-refractivity contribution in [2.75, 3.05) is 7.11 Å². The Bertz CT molecular complexity index is 469. The molecule has 0 aromatic heterocycles. The summed E-state index contributed by atoms with van der Waals surface area (Å²) in [6, 6.07) is 6.89. The molecule has 1 unspecified atom stereocenters. The zero-order valence-electron chi connectivity index (χ0n) is 12.5. The van der Waals surface area contributed by atoms with Crippen molar-refractivity contribution in [3.63, 3.8) is 0 Å². The van der Waals surface area contributed by atoms with Crippen LogP contribution in [0.2, 0.25) is 0 Å². The van der Waals surface area contributed by atoms with Gasteiger partial charge < -0.3 is 19.4 Å². The fourth-order valence-corrected chi connectivity index (χ4v) is 2.04. The Balaban J connectivity index is 2.80. The normalized spacial score (nSPS) is 11.7. The maximum Gasteiger partial charge on any atom is 0.306 e. The van der Waals surface area contributed by atoms with E-state index in [1.807, 2.05) is 6.92 Å². The van der Waals surface area contributed by atoms with E-state index < -0.39 is 18.0 Å². The van der Waals surface area contributed by atoms with Gasteiger partial charge in [0.05, 0.1) is 7.11 Å². The molecule has 116 valence electrons. The third kappa shape index (κ3) is 5.85.